The summed E-state index contributed by atoms with van der Waals surface area (Å²) in [6.07, 6.45) is 0.737. The Morgan fingerprint density at radius 2 is 1.84 bits per heavy atom. The van der Waals surface area contributed by atoms with Crippen molar-refractivity contribution >= 4 is 11.8 Å². The Hall–Kier alpha value is -2.85. The van der Waals surface area contributed by atoms with Crippen molar-refractivity contribution in [3.8, 4) is 5.69 Å². The summed E-state index contributed by atoms with van der Waals surface area (Å²) in [6, 6.07) is 5.78. The van der Waals surface area contributed by atoms with E-state index in [0.29, 0.717) is 38.3 Å². The molecule has 1 aromatic carbocycles. The van der Waals surface area contributed by atoms with E-state index in [-0.39, 0.29) is 35.3 Å². The summed E-state index contributed by atoms with van der Waals surface area (Å²) in [6.45, 7) is 5.97. The van der Waals surface area contributed by atoms with Crippen LogP contribution in [-0.2, 0) is 4.79 Å². The van der Waals surface area contributed by atoms with E-state index in [1.165, 1.54) is 15.6 Å². The highest BCUT2D eigenvalue weighted by atomic mass is 19.1. The molecule has 2 aliphatic rings. The number of benzene rings is 1. The van der Waals surface area contributed by atoms with Crippen molar-refractivity contribution in [3.05, 3.63) is 41.5 Å². The molecule has 1 aliphatic heterocycles. The second kappa shape index (κ2) is 8.95. The first-order chi connectivity index (χ1) is 15.3. The number of halogens is 1. The van der Waals surface area contributed by atoms with Gasteiger partial charge in [0.25, 0.3) is 5.91 Å². The van der Waals surface area contributed by atoms with Crippen LogP contribution in [0.25, 0.3) is 5.69 Å². The molecule has 0 unspecified atom stereocenters. The highest BCUT2D eigenvalue weighted by Gasteiger charge is 2.43. The number of aliphatic hydroxyl groups is 1. The van der Waals surface area contributed by atoms with Crippen LogP contribution in [0.3, 0.4) is 0 Å². The lowest BCUT2D eigenvalue weighted by Gasteiger charge is -2.39. The number of carbonyl (C=O) groups excluding carboxylic acids is 2. The molecule has 0 bridgehead atoms. The van der Waals surface area contributed by atoms with E-state index in [4.69, 9.17) is 0 Å². The number of likely N-dealkylation sites (N-methyl/N-ethyl adjacent to an activating group) is 1. The highest BCUT2D eigenvalue weighted by Crippen LogP contribution is 2.30. The fourth-order valence-electron chi connectivity index (χ4n) is 4.83. The van der Waals surface area contributed by atoms with Gasteiger partial charge in [0.05, 0.1) is 17.8 Å². The topological polar surface area (TPSA) is 94.8 Å². The van der Waals surface area contributed by atoms with Crippen molar-refractivity contribution < 1.29 is 19.1 Å². The van der Waals surface area contributed by atoms with E-state index >= 15 is 0 Å². The number of hydrogen-bond donors (Lipinski definition) is 1. The van der Waals surface area contributed by atoms with Crippen LogP contribution in [0, 0.1) is 12.7 Å². The Bertz CT molecular complexity index is 1000. The third-order valence-electron chi connectivity index (χ3n) is 6.77. The molecule has 9 nitrogen and oxygen atoms in total. The molecular formula is C22H29FN6O3. The minimum absolute atomic E-state index is 0.0560. The maximum Gasteiger partial charge on any atom is 0.276 e. The van der Waals surface area contributed by atoms with Crippen molar-refractivity contribution in [2.24, 2.45) is 0 Å². The van der Waals surface area contributed by atoms with Crippen LogP contribution in [0.1, 0.15) is 35.9 Å². The molecule has 1 saturated carbocycles. The Kier molecular flexibility index (Phi) is 6.25. The number of amides is 2. The lowest BCUT2D eigenvalue weighted by molar-refractivity contribution is -0.131. The SMILES string of the molecule is CC(=O)N1CCN([C@@H]2CC[C@@H](N(C)C(=O)c3nnn(-c4ccccc4F)c3C)[C@H]2O)CC1. The minimum atomic E-state index is -0.699. The first kappa shape index (κ1) is 22.3. The van der Waals surface area contributed by atoms with Crippen molar-refractivity contribution in [2.75, 3.05) is 33.2 Å². The number of nitrogens with zero attached hydrogens (tertiary/aromatic N) is 6. The lowest BCUT2D eigenvalue weighted by Crippen LogP contribution is -2.55. The van der Waals surface area contributed by atoms with Gasteiger partial charge >= 0.3 is 0 Å². The van der Waals surface area contributed by atoms with E-state index < -0.39 is 11.9 Å². The summed E-state index contributed by atoms with van der Waals surface area (Å²) in [5, 5.41) is 19.0. The van der Waals surface area contributed by atoms with E-state index in [9.17, 15) is 19.1 Å². The first-order valence-electron chi connectivity index (χ1n) is 10.9. The summed E-state index contributed by atoms with van der Waals surface area (Å²) in [5.41, 5.74) is 0.808. The van der Waals surface area contributed by atoms with Gasteiger partial charge in [-0.3, -0.25) is 14.5 Å². The second-order valence-electron chi connectivity index (χ2n) is 8.55. The molecule has 2 amide bonds. The number of aromatic nitrogens is 3. The van der Waals surface area contributed by atoms with Crippen LogP contribution in [0.15, 0.2) is 24.3 Å². The first-order valence-corrected chi connectivity index (χ1v) is 10.9. The van der Waals surface area contributed by atoms with Gasteiger partial charge in [-0.2, -0.15) is 0 Å². The average molecular weight is 445 g/mol. The molecular weight excluding hydrogens is 415 g/mol. The standard InChI is InChI=1S/C22H29FN6O3/c1-14-20(24-25-29(14)17-7-5-4-6-16(17)23)22(32)26(3)18-8-9-19(21(18)31)28-12-10-27(11-13-28)15(2)30/h4-7,18-19,21,31H,8-13H2,1-3H3/t18-,19-,21-/m1/s1. The highest BCUT2D eigenvalue weighted by molar-refractivity contribution is 5.93. The number of rotatable bonds is 4. The largest absolute Gasteiger partial charge is 0.389 e. The van der Waals surface area contributed by atoms with Crippen LogP contribution in [0.5, 0.6) is 0 Å². The molecule has 1 aliphatic carbocycles. The molecule has 0 radical (unpaired) electrons. The van der Waals surface area contributed by atoms with Crippen LogP contribution in [-0.4, -0.2) is 98.0 Å². The molecule has 1 saturated heterocycles. The third-order valence-corrected chi connectivity index (χ3v) is 6.77. The number of carbonyl (C=O) groups is 2. The lowest BCUT2D eigenvalue weighted by atomic mass is 10.1. The van der Waals surface area contributed by atoms with Gasteiger partial charge in [-0.05, 0) is 31.9 Å². The molecule has 1 aromatic heterocycles. The quantitative estimate of drug-likeness (QED) is 0.751. The van der Waals surface area contributed by atoms with Gasteiger partial charge in [0.1, 0.15) is 11.5 Å². The van der Waals surface area contributed by atoms with Crippen molar-refractivity contribution in [1.82, 2.24) is 29.7 Å². The fourth-order valence-corrected chi connectivity index (χ4v) is 4.83. The molecule has 4 rings (SSSR count). The number of aliphatic hydroxyl groups excluding tert-OH is 1. The molecule has 0 spiro atoms. The third kappa shape index (κ3) is 4.00. The maximum absolute atomic E-state index is 14.2. The van der Waals surface area contributed by atoms with Crippen molar-refractivity contribution in [1.29, 1.82) is 0 Å². The Morgan fingerprint density at radius 1 is 1.16 bits per heavy atom. The van der Waals surface area contributed by atoms with Gasteiger partial charge in [-0.15, -0.1) is 5.10 Å². The zero-order chi connectivity index (χ0) is 23.0. The summed E-state index contributed by atoms with van der Waals surface area (Å²) in [4.78, 5) is 30.3. The van der Waals surface area contributed by atoms with Gasteiger partial charge < -0.3 is 14.9 Å². The number of hydrogen-bond acceptors (Lipinski definition) is 6. The smallest absolute Gasteiger partial charge is 0.276 e. The monoisotopic (exact) mass is 444 g/mol. The van der Waals surface area contributed by atoms with E-state index in [2.05, 4.69) is 15.2 Å². The van der Waals surface area contributed by atoms with E-state index in [1.54, 1.807) is 39.1 Å². The fraction of sp³-hybridized carbons (Fsp3) is 0.545. The van der Waals surface area contributed by atoms with Gasteiger partial charge in [0, 0.05) is 46.2 Å². The van der Waals surface area contributed by atoms with Gasteiger partial charge in [-0.1, -0.05) is 17.3 Å². The van der Waals surface area contributed by atoms with Crippen LogP contribution < -0.4 is 0 Å². The predicted octanol–water partition coefficient (Wildman–Crippen LogP) is 0.843. The summed E-state index contributed by atoms with van der Waals surface area (Å²) in [7, 11) is 1.66. The average Bonchev–Trinajstić information content (AvgIpc) is 3.36. The van der Waals surface area contributed by atoms with Crippen LogP contribution in [0.2, 0.25) is 0 Å². The van der Waals surface area contributed by atoms with Crippen molar-refractivity contribution in [3.63, 3.8) is 0 Å². The summed E-state index contributed by atoms with van der Waals surface area (Å²) in [5.74, 6) is -0.735. The molecule has 2 fully saturated rings. The Labute approximate surface area is 186 Å². The molecule has 10 heteroatoms. The normalized spacial score (nSPS) is 24.0. The molecule has 172 valence electrons. The van der Waals surface area contributed by atoms with Gasteiger partial charge in [0.15, 0.2) is 5.69 Å². The summed E-state index contributed by atoms with van der Waals surface area (Å²) >= 11 is 0. The van der Waals surface area contributed by atoms with Crippen molar-refractivity contribution in [2.45, 2.75) is 44.9 Å². The van der Waals surface area contributed by atoms with Gasteiger partial charge in [-0.25, -0.2) is 9.07 Å². The maximum atomic E-state index is 14.2. The predicted molar refractivity (Wildman–Crippen MR) is 115 cm³/mol. The Balaban J connectivity index is 1.45. The molecule has 2 aromatic rings. The second-order valence-corrected chi connectivity index (χ2v) is 8.55. The van der Waals surface area contributed by atoms with E-state index in [1.807, 2.05) is 4.90 Å². The van der Waals surface area contributed by atoms with Crippen LogP contribution in [0.4, 0.5) is 4.39 Å². The minimum Gasteiger partial charge on any atom is -0.389 e. The number of para-hydroxylation sites is 1. The Morgan fingerprint density at radius 3 is 2.50 bits per heavy atom. The van der Waals surface area contributed by atoms with E-state index in [0.717, 1.165) is 6.42 Å². The molecule has 1 N–H and O–H groups in total. The molecule has 32 heavy (non-hydrogen) atoms. The zero-order valence-corrected chi connectivity index (χ0v) is 18.6. The van der Waals surface area contributed by atoms with Gasteiger partial charge in [0.2, 0.25) is 5.91 Å². The number of piperazine rings is 1. The summed E-state index contributed by atoms with van der Waals surface area (Å²) < 4.78 is 15.5. The van der Waals surface area contributed by atoms with Crippen LogP contribution >= 0.6 is 0 Å². The molecule has 3 atom stereocenters. The molecule has 2 heterocycles. The zero-order valence-electron chi connectivity index (χ0n) is 18.6.